The number of anilines is 1. The van der Waals surface area contributed by atoms with Crippen molar-refractivity contribution >= 4 is 23.0 Å². The molecule has 0 aliphatic rings. The van der Waals surface area contributed by atoms with Gasteiger partial charge in [0.2, 0.25) is 5.69 Å². The predicted molar refractivity (Wildman–Crippen MR) is 91.6 cm³/mol. The lowest BCUT2D eigenvalue weighted by molar-refractivity contribution is -0.678. The molecule has 7 heteroatoms. The van der Waals surface area contributed by atoms with Gasteiger partial charge in [-0.3, -0.25) is 0 Å². The molecule has 2 aromatic carbocycles. The molecule has 0 unspecified atom stereocenters. The molecular weight excluding hydrogens is 324 g/mol. The third kappa shape index (κ3) is 3.52. The van der Waals surface area contributed by atoms with E-state index >= 15 is 0 Å². The standard InChI is InChI=1S/C17H16N4O2S/c1-20(17(24)18-13-8-4-2-5-9-13)12-15-16(22)23-19-21(15)14-10-6-3-7-11-14/h2-11H,12H2,1H3,(H-,18,19,22,24). The van der Waals surface area contributed by atoms with Crippen LogP contribution in [0.2, 0.25) is 0 Å². The molecule has 3 rings (SSSR count). The molecule has 3 aromatic rings. The fourth-order valence-corrected chi connectivity index (χ4v) is 2.39. The van der Waals surface area contributed by atoms with Crippen molar-refractivity contribution < 1.29 is 14.3 Å². The summed E-state index contributed by atoms with van der Waals surface area (Å²) in [6, 6.07) is 19.0. The summed E-state index contributed by atoms with van der Waals surface area (Å²) in [5.41, 5.74) is 2.05. The van der Waals surface area contributed by atoms with Gasteiger partial charge in [-0.2, -0.15) is 0 Å². The molecular formula is C17H16N4O2S. The molecule has 0 fully saturated rings. The fraction of sp³-hybridized carbons (Fsp3) is 0.118. The van der Waals surface area contributed by atoms with Crippen molar-refractivity contribution in [1.82, 2.24) is 10.2 Å². The van der Waals surface area contributed by atoms with Crippen LogP contribution in [0, 0.1) is 0 Å². The maximum atomic E-state index is 12.0. The van der Waals surface area contributed by atoms with Crippen LogP contribution in [-0.2, 0) is 6.54 Å². The second-order valence-electron chi connectivity index (χ2n) is 5.21. The third-order valence-electron chi connectivity index (χ3n) is 3.46. The average Bonchev–Trinajstić information content (AvgIpc) is 2.97. The van der Waals surface area contributed by atoms with Gasteiger partial charge in [0, 0.05) is 24.9 Å². The van der Waals surface area contributed by atoms with Crippen LogP contribution in [0.15, 0.2) is 65.2 Å². The highest BCUT2D eigenvalue weighted by Crippen LogP contribution is 2.13. The van der Waals surface area contributed by atoms with E-state index in [1.54, 1.807) is 11.9 Å². The van der Waals surface area contributed by atoms with E-state index in [9.17, 15) is 5.11 Å². The Balaban J connectivity index is 1.76. The number of hydrogen-bond acceptors (Lipinski definition) is 4. The van der Waals surface area contributed by atoms with Gasteiger partial charge in [-0.05, 0) is 29.0 Å². The molecule has 0 saturated heterocycles. The third-order valence-corrected chi connectivity index (χ3v) is 3.87. The normalized spacial score (nSPS) is 10.4. The summed E-state index contributed by atoms with van der Waals surface area (Å²) in [7, 11) is 1.81. The molecule has 1 N–H and O–H groups in total. The molecule has 0 amide bonds. The van der Waals surface area contributed by atoms with Crippen molar-refractivity contribution in [2.45, 2.75) is 6.54 Å². The van der Waals surface area contributed by atoms with Gasteiger partial charge in [0.1, 0.15) is 6.54 Å². The van der Waals surface area contributed by atoms with Crippen molar-refractivity contribution in [3.8, 4) is 11.6 Å². The molecule has 0 atom stereocenters. The number of thiocarbonyl (C=S) groups is 1. The number of benzene rings is 2. The van der Waals surface area contributed by atoms with Crippen molar-refractivity contribution in [2.24, 2.45) is 0 Å². The summed E-state index contributed by atoms with van der Waals surface area (Å²) >= 11 is 5.39. The second-order valence-corrected chi connectivity index (χ2v) is 5.59. The second kappa shape index (κ2) is 7.10. The number of nitrogens with zero attached hydrogens (tertiary/aromatic N) is 3. The van der Waals surface area contributed by atoms with Gasteiger partial charge in [0.25, 0.3) is 5.69 Å². The Morgan fingerprint density at radius 3 is 2.46 bits per heavy atom. The van der Waals surface area contributed by atoms with E-state index in [1.165, 1.54) is 4.68 Å². The Morgan fingerprint density at radius 2 is 1.79 bits per heavy atom. The highest BCUT2D eigenvalue weighted by atomic mass is 32.1. The summed E-state index contributed by atoms with van der Waals surface area (Å²) < 4.78 is 6.31. The Morgan fingerprint density at radius 1 is 1.17 bits per heavy atom. The van der Waals surface area contributed by atoms with Crippen LogP contribution in [0.5, 0.6) is 5.95 Å². The van der Waals surface area contributed by atoms with Crippen LogP contribution in [0.25, 0.3) is 5.69 Å². The molecule has 24 heavy (non-hydrogen) atoms. The molecule has 6 nitrogen and oxygen atoms in total. The van der Waals surface area contributed by atoms with E-state index < -0.39 is 5.95 Å². The van der Waals surface area contributed by atoms with Crippen molar-refractivity contribution in [3.63, 3.8) is 0 Å². The fourth-order valence-electron chi connectivity index (χ4n) is 2.21. The zero-order chi connectivity index (χ0) is 16.9. The molecule has 0 radical (unpaired) electrons. The SMILES string of the molecule is CN(Cc1c([O-])on[n+]1-c1ccccc1)C(=S)Nc1ccccc1. The smallest absolute Gasteiger partial charge is 0.259 e. The van der Waals surface area contributed by atoms with Gasteiger partial charge in [-0.15, -0.1) is 0 Å². The number of rotatable bonds is 4. The van der Waals surface area contributed by atoms with E-state index in [1.807, 2.05) is 60.7 Å². The van der Waals surface area contributed by atoms with Gasteiger partial charge >= 0.3 is 0 Å². The van der Waals surface area contributed by atoms with Crippen molar-refractivity contribution in [3.05, 3.63) is 66.4 Å². The topological polar surface area (TPSA) is 68.2 Å². The Kier molecular flexibility index (Phi) is 4.72. The number of nitrogens with one attached hydrogen (secondary N) is 1. The highest BCUT2D eigenvalue weighted by molar-refractivity contribution is 7.80. The van der Waals surface area contributed by atoms with Crippen LogP contribution in [0.4, 0.5) is 5.69 Å². The van der Waals surface area contributed by atoms with E-state index in [4.69, 9.17) is 16.7 Å². The molecule has 122 valence electrons. The summed E-state index contributed by atoms with van der Waals surface area (Å²) in [6.45, 7) is 0.274. The number of hydrogen-bond donors (Lipinski definition) is 1. The molecule has 0 bridgehead atoms. The summed E-state index contributed by atoms with van der Waals surface area (Å²) in [5, 5.41) is 19.4. The molecule has 0 aliphatic carbocycles. The van der Waals surface area contributed by atoms with Gasteiger partial charge in [0.05, 0.1) is 5.27 Å². The first-order chi connectivity index (χ1) is 11.6. The van der Waals surface area contributed by atoms with Gasteiger partial charge in [-0.1, -0.05) is 36.4 Å². The molecule has 0 saturated carbocycles. The van der Waals surface area contributed by atoms with Crippen molar-refractivity contribution in [2.75, 3.05) is 12.4 Å². The lowest BCUT2D eigenvalue weighted by atomic mass is 10.3. The monoisotopic (exact) mass is 340 g/mol. The minimum absolute atomic E-state index is 0.274. The van der Waals surface area contributed by atoms with Gasteiger partial charge in [0.15, 0.2) is 11.1 Å². The highest BCUT2D eigenvalue weighted by Gasteiger charge is 2.22. The van der Waals surface area contributed by atoms with Crippen LogP contribution < -0.4 is 15.1 Å². The maximum Gasteiger partial charge on any atom is 0.259 e. The first-order valence-corrected chi connectivity index (χ1v) is 7.76. The van der Waals surface area contributed by atoms with Gasteiger partial charge in [-0.25, -0.2) is 0 Å². The van der Waals surface area contributed by atoms with Crippen LogP contribution >= 0.6 is 12.2 Å². The van der Waals surface area contributed by atoms with E-state index in [0.717, 1.165) is 11.4 Å². The number of para-hydroxylation sites is 2. The maximum absolute atomic E-state index is 12.0. The molecule has 1 heterocycles. The lowest BCUT2D eigenvalue weighted by Gasteiger charge is -2.19. The lowest BCUT2D eigenvalue weighted by Crippen LogP contribution is -2.41. The molecule has 0 spiro atoms. The van der Waals surface area contributed by atoms with Crippen molar-refractivity contribution in [1.29, 1.82) is 0 Å². The van der Waals surface area contributed by atoms with Crippen LogP contribution in [0.3, 0.4) is 0 Å². The molecule has 0 aliphatic heterocycles. The Hall–Kier alpha value is -2.93. The summed E-state index contributed by atoms with van der Waals surface area (Å²) in [6.07, 6.45) is 0. The molecule has 1 aromatic heterocycles. The minimum atomic E-state index is -0.479. The van der Waals surface area contributed by atoms with Gasteiger partial charge < -0.3 is 19.8 Å². The van der Waals surface area contributed by atoms with Crippen LogP contribution in [0.1, 0.15) is 5.69 Å². The van der Waals surface area contributed by atoms with E-state index in [-0.39, 0.29) is 6.54 Å². The first-order valence-electron chi connectivity index (χ1n) is 7.35. The Bertz CT molecular complexity index is 821. The predicted octanol–water partition coefficient (Wildman–Crippen LogP) is 1.85. The number of aromatic nitrogens is 2. The Labute approximate surface area is 144 Å². The minimum Gasteiger partial charge on any atom is -0.539 e. The van der Waals surface area contributed by atoms with E-state index in [2.05, 4.69) is 10.6 Å². The largest absolute Gasteiger partial charge is 0.539 e. The zero-order valence-corrected chi connectivity index (χ0v) is 13.9. The van der Waals surface area contributed by atoms with E-state index in [0.29, 0.717) is 10.8 Å². The quantitative estimate of drug-likeness (QED) is 0.577. The first kappa shape index (κ1) is 15.9. The summed E-state index contributed by atoms with van der Waals surface area (Å²) in [5.74, 6) is -0.479. The van der Waals surface area contributed by atoms with Crippen LogP contribution in [-0.4, -0.2) is 22.3 Å². The average molecular weight is 340 g/mol. The summed E-state index contributed by atoms with van der Waals surface area (Å²) in [4.78, 5) is 1.76. The zero-order valence-electron chi connectivity index (χ0n) is 13.0.